The second-order valence-electron chi connectivity index (χ2n) is 6.84. The number of hydrogen-bond acceptors (Lipinski definition) is 8. The summed E-state index contributed by atoms with van der Waals surface area (Å²) < 4.78 is 47.4. The van der Waals surface area contributed by atoms with E-state index in [-0.39, 0.29) is 20.8 Å². The normalized spacial score (nSPS) is 11.8. The second-order valence-corrected chi connectivity index (χ2v) is 8.79. The molecule has 0 unspecified atom stereocenters. The number of fused-ring (bicyclic) bond motifs is 1. The maximum absolute atomic E-state index is 13.9. The van der Waals surface area contributed by atoms with Crippen LogP contribution in [0.4, 0.5) is 18.9 Å². The molecule has 0 atom stereocenters. The Labute approximate surface area is 191 Å². The van der Waals surface area contributed by atoms with Crippen LogP contribution in [0.1, 0.15) is 20.9 Å². The molecule has 4 aromatic heterocycles. The summed E-state index contributed by atoms with van der Waals surface area (Å²) in [7, 11) is 0. The first-order valence-corrected chi connectivity index (χ1v) is 11.0. The first kappa shape index (κ1) is 21.1. The van der Waals surface area contributed by atoms with Gasteiger partial charge in [0.15, 0.2) is 5.95 Å². The molecule has 0 radical (unpaired) electrons. The first-order valence-electron chi connectivity index (χ1n) is 9.29. The predicted molar refractivity (Wildman–Crippen MR) is 113 cm³/mol. The van der Waals surface area contributed by atoms with Crippen molar-refractivity contribution in [3.8, 4) is 22.2 Å². The Morgan fingerprint density at radius 2 is 1.91 bits per heavy atom. The van der Waals surface area contributed by atoms with E-state index < -0.39 is 34.9 Å². The van der Waals surface area contributed by atoms with Crippen LogP contribution in [0.25, 0.3) is 26.5 Å². The number of alkyl halides is 3. The summed E-state index contributed by atoms with van der Waals surface area (Å²) in [6.45, 7) is 0. The standard InChI is InChI=1S/C21H11F3N4O3S2/c22-21(23,24)11-9-12(13-7-4-8-32-13)26-19-14(11)15(25)18(33-19)17(29)16-20(30)31-27-28(16)10-5-2-1-3-6-10/h1-9H,(H2-,25,27,29,30). The van der Waals surface area contributed by atoms with Gasteiger partial charge in [0.25, 0.3) is 5.78 Å². The number of halogens is 3. The number of pyridine rings is 1. The van der Waals surface area contributed by atoms with Gasteiger partial charge in [-0.15, -0.1) is 22.7 Å². The number of nitrogens with two attached hydrogens (primary N) is 1. The molecule has 0 aliphatic heterocycles. The lowest BCUT2D eigenvalue weighted by Crippen LogP contribution is -2.39. The van der Waals surface area contributed by atoms with Gasteiger partial charge in [-0.25, -0.2) is 4.98 Å². The first-order chi connectivity index (χ1) is 15.8. The van der Waals surface area contributed by atoms with Gasteiger partial charge in [0, 0.05) is 17.5 Å². The highest BCUT2D eigenvalue weighted by molar-refractivity contribution is 7.21. The molecule has 2 N–H and O–H groups in total. The molecule has 0 saturated carbocycles. The molecule has 7 nitrogen and oxygen atoms in total. The summed E-state index contributed by atoms with van der Waals surface area (Å²) in [5.74, 6) is -1.94. The van der Waals surface area contributed by atoms with E-state index in [2.05, 4.69) is 14.8 Å². The van der Waals surface area contributed by atoms with Crippen molar-refractivity contribution in [1.82, 2.24) is 10.3 Å². The molecule has 0 fully saturated rings. The molecule has 0 aliphatic carbocycles. The average molecular weight is 488 g/mol. The molecule has 5 rings (SSSR count). The number of benzene rings is 1. The van der Waals surface area contributed by atoms with Crippen LogP contribution < -0.4 is 15.5 Å². The van der Waals surface area contributed by atoms with Gasteiger partial charge in [0.1, 0.15) is 9.71 Å². The Morgan fingerprint density at radius 1 is 1.15 bits per heavy atom. The second kappa shape index (κ2) is 7.67. The maximum Gasteiger partial charge on any atom is 0.417 e. The molecule has 5 aromatic rings. The molecule has 0 amide bonds. The molecule has 0 bridgehead atoms. The fourth-order valence-corrected chi connectivity index (χ4v) is 5.10. The topological polar surface area (TPSA) is 109 Å². The van der Waals surface area contributed by atoms with E-state index in [9.17, 15) is 23.1 Å². The number of carbonyl (C=O) groups is 1. The van der Waals surface area contributed by atoms with Crippen molar-refractivity contribution in [2.45, 2.75) is 6.18 Å². The van der Waals surface area contributed by atoms with Gasteiger partial charge < -0.3 is 15.4 Å². The summed E-state index contributed by atoms with van der Waals surface area (Å²) in [6.07, 6.45) is -4.74. The van der Waals surface area contributed by atoms with Gasteiger partial charge in [-0.2, -0.15) is 13.2 Å². The molecule has 1 aromatic carbocycles. The van der Waals surface area contributed by atoms with Crippen molar-refractivity contribution in [2.24, 2.45) is 0 Å². The lowest BCUT2D eigenvalue weighted by atomic mass is 10.1. The summed E-state index contributed by atoms with van der Waals surface area (Å²) in [5, 5.41) is 17.2. The number of aromatic nitrogens is 3. The van der Waals surface area contributed by atoms with E-state index in [1.165, 1.54) is 11.3 Å². The summed E-state index contributed by atoms with van der Waals surface area (Å²) in [4.78, 5) is 17.8. The van der Waals surface area contributed by atoms with Crippen molar-refractivity contribution >= 4 is 44.4 Å². The number of ketones is 1. The van der Waals surface area contributed by atoms with Crippen molar-refractivity contribution in [3.05, 3.63) is 70.0 Å². The van der Waals surface area contributed by atoms with Gasteiger partial charge in [-0.3, -0.25) is 4.79 Å². The van der Waals surface area contributed by atoms with Crippen LogP contribution in [0, 0.1) is 0 Å². The van der Waals surface area contributed by atoms with Crippen LogP contribution in [-0.4, -0.2) is 16.0 Å². The number of carbonyl (C=O) groups excluding carboxylic acids is 1. The summed E-state index contributed by atoms with van der Waals surface area (Å²) >= 11 is 1.91. The monoisotopic (exact) mass is 488 g/mol. The minimum absolute atomic E-state index is 0.0655. The third kappa shape index (κ3) is 3.52. The smallest absolute Gasteiger partial charge is 0.417 e. The molecule has 33 heavy (non-hydrogen) atoms. The fraction of sp³-hybridized carbons (Fsp3) is 0.0476. The van der Waals surface area contributed by atoms with E-state index >= 15 is 0 Å². The Hall–Kier alpha value is -3.77. The van der Waals surface area contributed by atoms with Crippen LogP contribution in [0.2, 0.25) is 0 Å². The molecular formula is C21H11F3N4O3S2. The molecule has 12 heteroatoms. The molecule has 166 valence electrons. The van der Waals surface area contributed by atoms with E-state index in [1.807, 2.05) is 0 Å². The average Bonchev–Trinajstić information content (AvgIpc) is 3.52. The zero-order valence-electron chi connectivity index (χ0n) is 16.3. The van der Waals surface area contributed by atoms with Crippen LogP contribution in [0.3, 0.4) is 0 Å². The lowest BCUT2D eigenvalue weighted by Gasteiger charge is -2.10. The van der Waals surface area contributed by atoms with Gasteiger partial charge in [-0.05, 0) is 22.2 Å². The molecule has 0 saturated heterocycles. The number of nitrogens with zero attached hydrogens (tertiary/aromatic N) is 3. The number of thiophene rings is 2. The number of anilines is 1. The van der Waals surface area contributed by atoms with E-state index in [4.69, 9.17) is 5.73 Å². The molecule has 0 spiro atoms. The van der Waals surface area contributed by atoms with Crippen molar-refractivity contribution in [2.75, 3.05) is 5.73 Å². The van der Waals surface area contributed by atoms with Crippen molar-refractivity contribution in [3.63, 3.8) is 0 Å². The molecular weight excluding hydrogens is 477 g/mol. The van der Waals surface area contributed by atoms with Crippen LogP contribution in [0.5, 0.6) is 5.95 Å². The number of nitrogen functional groups attached to an aromatic ring is 1. The third-order valence-corrected chi connectivity index (χ3v) is 6.80. The lowest BCUT2D eigenvalue weighted by molar-refractivity contribution is -0.672. The fourth-order valence-electron chi connectivity index (χ4n) is 3.35. The number of rotatable bonds is 4. The highest BCUT2D eigenvalue weighted by Crippen LogP contribution is 2.44. The Bertz CT molecular complexity index is 1490. The SMILES string of the molecule is Nc1c(C(=O)c2c([O-])on[n+]2-c2ccccc2)sc2nc(-c3cccs3)cc(C(F)(F)F)c12. The van der Waals surface area contributed by atoms with Gasteiger partial charge in [-0.1, -0.05) is 24.3 Å². The Balaban J connectivity index is 1.72. The highest BCUT2D eigenvalue weighted by atomic mass is 32.1. The zero-order valence-corrected chi connectivity index (χ0v) is 17.9. The van der Waals surface area contributed by atoms with Gasteiger partial charge in [0.2, 0.25) is 5.69 Å². The Kier molecular flexibility index (Phi) is 4.91. The minimum atomic E-state index is -4.74. The van der Waals surface area contributed by atoms with E-state index in [0.29, 0.717) is 21.9 Å². The minimum Gasteiger partial charge on any atom is -0.539 e. The van der Waals surface area contributed by atoms with Crippen LogP contribution in [0.15, 0.2) is 58.4 Å². The Morgan fingerprint density at radius 3 is 2.58 bits per heavy atom. The van der Waals surface area contributed by atoms with Gasteiger partial charge >= 0.3 is 11.9 Å². The summed E-state index contributed by atoms with van der Waals surface area (Å²) in [6, 6.07) is 12.5. The van der Waals surface area contributed by atoms with Crippen molar-refractivity contribution < 1.29 is 32.3 Å². The summed E-state index contributed by atoms with van der Waals surface area (Å²) in [5.41, 5.74) is 4.62. The maximum atomic E-state index is 13.9. The van der Waals surface area contributed by atoms with Gasteiger partial charge in [0.05, 0.1) is 27.1 Å². The third-order valence-electron chi connectivity index (χ3n) is 4.81. The highest BCUT2D eigenvalue weighted by Gasteiger charge is 2.38. The van der Waals surface area contributed by atoms with Crippen LogP contribution in [-0.2, 0) is 6.18 Å². The van der Waals surface area contributed by atoms with E-state index in [0.717, 1.165) is 10.7 Å². The predicted octanol–water partition coefficient (Wildman–Crippen LogP) is 4.20. The number of para-hydroxylation sites is 1. The molecule has 0 aliphatic rings. The zero-order chi connectivity index (χ0) is 23.3. The van der Waals surface area contributed by atoms with Crippen molar-refractivity contribution in [1.29, 1.82) is 0 Å². The quantitative estimate of drug-likeness (QED) is 0.300. The van der Waals surface area contributed by atoms with E-state index in [1.54, 1.807) is 47.8 Å². The molecule has 4 heterocycles. The largest absolute Gasteiger partial charge is 0.539 e. The van der Waals surface area contributed by atoms with Crippen LogP contribution >= 0.6 is 22.7 Å². The number of hydrogen-bond donors (Lipinski definition) is 1.